The second kappa shape index (κ2) is 8.30. The summed E-state index contributed by atoms with van der Waals surface area (Å²) < 4.78 is 5.17. The lowest BCUT2D eigenvalue weighted by molar-refractivity contribution is 0.0233. The highest BCUT2D eigenvalue weighted by atomic mass is 16.6. The summed E-state index contributed by atoms with van der Waals surface area (Å²) in [5.41, 5.74) is 3.73. The van der Waals surface area contributed by atoms with Crippen molar-refractivity contribution in [1.29, 1.82) is 0 Å². The van der Waals surface area contributed by atoms with Crippen molar-refractivity contribution < 1.29 is 19.2 Å². The number of carbonyl (C=O) groups excluding carboxylic acids is 2. The molecular formula is C19H22N2O4. The van der Waals surface area contributed by atoms with Gasteiger partial charge < -0.3 is 4.74 Å². The van der Waals surface area contributed by atoms with E-state index >= 15 is 0 Å². The Kier molecular flexibility index (Phi) is 6.14. The molecule has 2 amide bonds. The molecule has 0 radical (unpaired) electrons. The van der Waals surface area contributed by atoms with E-state index in [0.717, 1.165) is 5.56 Å². The molecule has 6 heteroatoms. The van der Waals surface area contributed by atoms with E-state index in [1.165, 1.54) is 0 Å². The molecule has 0 fully saturated rings. The van der Waals surface area contributed by atoms with Crippen LogP contribution in [0.15, 0.2) is 54.6 Å². The molecule has 6 nitrogen and oxygen atoms in total. The normalized spacial score (nSPS) is 10.8. The molecule has 0 aliphatic heterocycles. The van der Waals surface area contributed by atoms with E-state index in [-0.39, 0.29) is 12.5 Å². The van der Waals surface area contributed by atoms with Gasteiger partial charge in [0.15, 0.2) is 0 Å². The van der Waals surface area contributed by atoms with Crippen LogP contribution >= 0.6 is 0 Å². The molecular weight excluding hydrogens is 320 g/mol. The Morgan fingerprint density at radius 3 is 2.20 bits per heavy atom. The highest BCUT2D eigenvalue weighted by Gasteiger charge is 2.16. The smallest absolute Gasteiger partial charge is 0.412 e. The minimum Gasteiger partial charge on any atom is -0.444 e. The fraction of sp³-hybridized carbons (Fsp3) is 0.263. The first kappa shape index (κ1) is 18.5. The number of benzene rings is 2. The van der Waals surface area contributed by atoms with Crippen LogP contribution < -0.4 is 10.8 Å². The zero-order valence-corrected chi connectivity index (χ0v) is 14.5. The number of hydrogen-bond acceptors (Lipinski definition) is 4. The van der Waals surface area contributed by atoms with Crippen LogP contribution in [0.3, 0.4) is 0 Å². The average Bonchev–Trinajstić information content (AvgIpc) is 2.54. The summed E-state index contributed by atoms with van der Waals surface area (Å²) in [6.45, 7) is 5.64. The first-order valence-electron chi connectivity index (χ1n) is 7.89. The van der Waals surface area contributed by atoms with Gasteiger partial charge in [-0.3, -0.25) is 14.9 Å². The summed E-state index contributed by atoms with van der Waals surface area (Å²) in [6, 6.07) is 15.9. The monoisotopic (exact) mass is 342 g/mol. The molecule has 25 heavy (non-hydrogen) atoms. The van der Waals surface area contributed by atoms with Gasteiger partial charge in [0.25, 0.3) is 5.91 Å². The van der Waals surface area contributed by atoms with Crippen molar-refractivity contribution in [2.45, 2.75) is 33.0 Å². The molecule has 0 atom stereocenters. The lowest BCUT2D eigenvalue weighted by Crippen LogP contribution is -2.27. The molecule has 0 saturated carbocycles. The number of anilines is 1. The molecule has 0 bridgehead atoms. The minimum atomic E-state index is -0.569. The first-order chi connectivity index (χ1) is 11.8. The molecule has 0 heterocycles. The van der Waals surface area contributed by atoms with E-state index in [4.69, 9.17) is 9.57 Å². The number of amides is 2. The average molecular weight is 342 g/mol. The van der Waals surface area contributed by atoms with Gasteiger partial charge in [-0.15, -0.1) is 0 Å². The highest BCUT2D eigenvalue weighted by Crippen LogP contribution is 2.13. The number of nitrogens with one attached hydrogen (secondary N) is 2. The van der Waals surface area contributed by atoms with Crippen molar-refractivity contribution in [2.24, 2.45) is 0 Å². The lowest BCUT2D eigenvalue weighted by Gasteiger charge is -2.19. The van der Waals surface area contributed by atoms with Crippen molar-refractivity contribution in [1.82, 2.24) is 5.48 Å². The van der Waals surface area contributed by atoms with E-state index in [2.05, 4.69) is 10.8 Å². The number of carbonyl (C=O) groups is 2. The summed E-state index contributed by atoms with van der Waals surface area (Å²) in [5, 5.41) is 2.61. The van der Waals surface area contributed by atoms with Crippen LogP contribution in [-0.2, 0) is 16.2 Å². The van der Waals surface area contributed by atoms with E-state index < -0.39 is 11.7 Å². The second-order valence-electron chi connectivity index (χ2n) is 6.41. The van der Waals surface area contributed by atoms with E-state index in [0.29, 0.717) is 11.3 Å². The van der Waals surface area contributed by atoms with E-state index in [9.17, 15) is 9.59 Å². The summed E-state index contributed by atoms with van der Waals surface area (Å²) in [6.07, 6.45) is -0.545. The molecule has 0 saturated heterocycles. The molecule has 0 unspecified atom stereocenters. The third kappa shape index (κ3) is 6.64. The fourth-order valence-electron chi connectivity index (χ4n) is 1.94. The molecule has 2 N–H and O–H groups in total. The largest absolute Gasteiger partial charge is 0.444 e. The van der Waals surface area contributed by atoms with Crippen LogP contribution in [0.5, 0.6) is 0 Å². The molecule has 0 aliphatic carbocycles. The van der Waals surface area contributed by atoms with Crippen LogP contribution in [0.1, 0.15) is 36.7 Å². The molecule has 2 rings (SSSR count). The Morgan fingerprint density at radius 1 is 0.960 bits per heavy atom. The number of ether oxygens (including phenoxy) is 1. The SMILES string of the molecule is CC(C)(C)OC(=O)Nc1ccc(C(=O)NOCc2ccccc2)cc1. The van der Waals surface area contributed by atoms with Crippen LogP contribution in [0.4, 0.5) is 10.5 Å². The maximum absolute atomic E-state index is 12.0. The van der Waals surface area contributed by atoms with Crippen molar-refractivity contribution in [3.05, 3.63) is 65.7 Å². The Morgan fingerprint density at radius 2 is 1.60 bits per heavy atom. The van der Waals surface area contributed by atoms with E-state index in [1.807, 2.05) is 30.3 Å². The van der Waals surface area contributed by atoms with Crippen LogP contribution in [0, 0.1) is 0 Å². The summed E-state index contributed by atoms with van der Waals surface area (Å²) in [4.78, 5) is 28.9. The highest BCUT2D eigenvalue weighted by molar-refractivity contribution is 5.94. The third-order valence-corrected chi connectivity index (χ3v) is 3.04. The Hall–Kier alpha value is -2.86. The van der Waals surface area contributed by atoms with Gasteiger partial charge in [-0.2, -0.15) is 0 Å². The topological polar surface area (TPSA) is 76.7 Å². The lowest BCUT2D eigenvalue weighted by atomic mass is 10.2. The minimum absolute atomic E-state index is 0.283. The fourth-order valence-corrected chi connectivity index (χ4v) is 1.94. The van der Waals surface area contributed by atoms with Gasteiger partial charge in [-0.25, -0.2) is 10.3 Å². The number of hydroxylamine groups is 1. The zero-order valence-electron chi connectivity index (χ0n) is 14.5. The Balaban J connectivity index is 1.82. The van der Waals surface area contributed by atoms with Crippen molar-refractivity contribution >= 4 is 17.7 Å². The van der Waals surface area contributed by atoms with Gasteiger partial charge >= 0.3 is 6.09 Å². The Labute approximate surface area is 147 Å². The van der Waals surface area contributed by atoms with Gasteiger partial charge in [0, 0.05) is 11.3 Å². The standard InChI is InChI=1S/C19H22N2O4/c1-19(2,3)25-18(23)20-16-11-9-15(10-12-16)17(22)21-24-13-14-7-5-4-6-8-14/h4-12H,13H2,1-3H3,(H,20,23)(H,21,22). The Bertz CT molecular complexity index is 706. The first-order valence-corrected chi connectivity index (χ1v) is 7.89. The maximum Gasteiger partial charge on any atom is 0.412 e. The molecule has 132 valence electrons. The summed E-state index contributed by atoms with van der Waals surface area (Å²) in [7, 11) is 0. The quantitative estimate of drug-likeness (QED) is 0.808. The van der Waals surface area contributed by atoms with Gasteiger partial charge in [0.05, 0.1) is 6.61 Å². The van der Waals surface area contributed by atoms with Crippen LogP contribution in [0.25, 0.3) is 0 Å². The maximum atomic E-state index is 12.0. The van der Waals surface area contributed by atoms with Gasteiger partial charge in [0.1, 0.15) is 5.60 Å². The van der Waals surface area contributed by atoms with Crippen molar-refractivity contribution in [3.8, 4) is 0 Å². The van der Waals surface area contributed by atoms with Gasteiger partial charge in [-0.05, 0) is 50.6 Å². The van der Waals surface area contributed by atoms with Gasteiger partial charge in [0.2, 0.25) is 0 Å². The zero-order chi connectivity index (χ0) is 18.3. The predicted octanol–water partition coefficient (Wildman–Crippen LogP) is 3.90. The van der Waals surface area contributed by atoms with Crippen LogP contribution in [0.2, 0.25) is 0 Å². The molecule has 0 aliphatic rings. The van der Waals surface area contributed by atoms with Crippen molar-refractivity contribution in [3.63, 3.8) is 0 Å². The number of rotatable bonds is 5. The van der Waals surface area contributed by atoms with Gasteiger partial charge in [-0.1, -0.05) is 30.3 Å². The summed E-state index contributed by atoms with van der Waals surface area (Å²) in [5.74, 6) is -0.361. The van der Waals surface area contributed by atoms with Crippen LogP contribution in [-0.4, -0.2) is 17.6 Å². The molecule has 2 aromatic carbocycles. The van der Waals surface area contributed by atoms with Crippen molar-refractivity contribution in [2.75, 3.05) is 5.32 Å². The summed E-state index contributed by atoms with van der Waals surface area (Å²) >= 11 is 0. The van der Waals surface area contributed by atoms with E-state index in [1.54, 1.807) is 45.0 Å². The third-order valence-electron chi connectivity index (χ3n) is 3.04. The molecule has 2 aromatic rings. The second-order valence-corrected chi connectivity index (χ2v) is 6.41. The predicted molar refractivity (Wildman–Crippen MR) is 95.0 cm³/mol. The molecule has 0 spiro atoms. The number of hydrogen-bond donors (Lipinski definition) is 2. The molecule has 0 aromatic heterocycles.